The molecule has 0 fully saturated rings. The van der Waals surface area contributed by atoms with E-state index in [-0.39, 0.29) is 0 Å². The normalized spacial score (nSPS) is 11.0. The van der Waals surface area contributed by atoms with E-state index in [1.807, 2.05) is 23.7 Å². The maximum atomic E-state index is 5.88. The zero-order valence-corrected chi connectivity index (χ0v) is 9.03. The predicted molar refractivity (Wildman–Crippen MR) is 59.5 cm³/mol. The number of benzene rings is 1. The summed E-state index contributed by atoms with van der Waals surface area (Å²) in [7, 11) is 0. The molecule has 0 saturated heterocycles. The Kier molecular flexibility index (Phi) is 1.93. The van der Waals surface area contributed by atoms with Crippen molar-refractivity contribution in [2.45, 2.75) is 0 Å². The Hall–Kier alpha value is -1.46. The molecule has 0 bridgehead atoms. The number of aromatic nitrogens is 4. The summed E-state index contributed by atoms with van der Waals surface area (Å²) in [5, 5.41) is 7.82. The Morgan fingerprint density at radius 1 is 1.33 bits per heavy atom. The molecule has 3 rings (SSSR count). The van der Waals surface area contributed by atoms with Gasteiger partial charge in [-0.25, -0.2) is 4.98 Å². The average Bonchev–Trinajstić information content (AvgIpc) is 2.84. The van der Waals surface area contributed by atoms with Crippen LogP contribution in [0.3, 0.4) is 0 Å². The van der Waals surface area contributed by atoms with Gasteiger partial charge in [-0.3, -0.25) is 4.57 Å². The lowest BCUT2D eigenvalue weighted by atomic mass is 10.3. The summed E-state index contributed by atoms with van der Waals surface area (Å²) in [5.41, 5.74) is 3.76. The van der Waals surface area contributed by atoms with Crippen molar-refractivity contribution in [1.29, 1.82) is 0 Å². The van der Waals surface area contributed by atoms with Gasteiger partial charge in [0.05, 0.1) is 21.4 Å². The molecule has 2 heterocycles. The van der Waals surface area contributed by atoms with Crippen molar-refractivity contribution in [3.05, 3.63) is 35.3 Å². The Morgan fingerprint density at radius 3 is 3.07 bits per heavy atom. The third-order valence-corrected chi connectivity index (χ3v) is 3.15. The summed E-state index contributed by atoms with van der Waals surface area (Å²) in [6.07, 6.45) is 1.59. The van der Waals surface area contributed by atoms with E-state index >= 15 is 0 Å². The molecule has 0 radical (unpaired) electrons. The van der Waals surface area contributed by atoms with E-state index in [1.54, 1.807) is 22.2 Å². The van der Waals surface area contributed by atoms with Gasteiger partial charge in [0.1, 0.15) is 6.33 Å². The number of hydrogen-bond acceptors (Lipinski definition) is 4. The van der Waals surface area contributed by atoms with Gasteiger partial charge in [0.2, 0.25) is 5.28 Å². The molecule has 0 spiro atoms. The molecule has 74 valence electrons. The molecule has 4 nitrogen and oxygen atoms in total. The largest absolute Gasteiger partial charge is 0.272 e. The first-order valence-corrected chi connectivity index (χ1v) is 5.49. The molecule has 0 unspecified atom stereocenters. The number of thiazole rings is 1. The van der Waals surface area contributed by atoms with Gasteiger partial charge in [-0.1, -0.05) is 0 Å². The van der Waals surface area contributed by atoms with Gasteiger partial charge in [-0.2, -0.15) is 0 Å². The first-order chi connectivity index (χ1) is 7.34. The van der Waals surface area contributed by atoms with Gasteiger partial charge in [-0.05, 0) is 29.8 Å². The standard InChI is InChI=1S/C9H5ClN4S/c10-9-13-12-4-14(9)6-1-2-7-8(3-6)15-5-11-7/h1-5H. The van der Waals surface area contributed by atoms with Crippen molar-refractivity contribution in [3.63, 3.8) is 0 Å². The lowest BCUT2D eigenvalue weighted by molar-refractivity contribution is 1.06. The molecule has 0 saturated carbocycles. The molecular formula is C9H5ClN4S. The van der Waals surface area contributed by atoms with Gasteiger partial charge in [0.25, 0.3) is 0 Å². The van der Waals surface area contributed by atoms with Crippen LogP contribution in [-0.4, -0.2) is 19.7 Å². The number of halogens is 1. The van der Waals surface area contributed by atoms with E-state index < -0.39 is 0 Å². The van der Waals surface area contributed by atoms with Crippen LogP contribution < -0.4 is 0 Å². The molecule has 0 amide bonds. The number of nitrogens with zero attached hydrogens (tertiary/aromatic N) is 4. The van der Waals surface area contributed by atoms with Crippen LogP contribution in [0.4, 0.5) is 0 Å². The fraction of sp³-hybridized carbons (Fsp3) is 0. The smallest absolute Gasteiger partial charge is 0.229 e. The van der Waals surface area contributed by atoms with E-state index in [4.69, 9.17) is 11.6 Å². The molecule has 0 atom stereocenters. The number of rotatable bonds is 1. The monoisotopic (exact) mass is 236 g/mol. The lowest BCUT2D eigenvalue weighted by Crippen LogP contribution is -1.91. The van der Waals surface area contributed by atoms with Crippen LogP contribution in [0, 0.1) is 0 Å². The topological polar surface area (TPSA) is 43.6 Å². The second-order valence-electron chi connectivity index (χ2n) is 2.97. The predicted octanol–water partition coefficient (Wildman–Crippen LogP) is 2.53. The summed E-state index contributed by atoms with van der Waals surface area (Å²) >= 11 is 7.47. The van der Waals surface area contributed by atoms with Gasteiger partial charge in [0.15, 0.2) is 0 Å². The molecule has 1 aromatic carbocycles. The minimum Gasteiger partial charge on any atom is -0.272 e. The third kappa shape index (κ3) is 1.40. The zero-order valence-electron chi connectivity index (χ0n) is 7.46. The van der Waals surface area contributed by atoms with E-state index in [9.17, 15) is 0 Å². The van der Waals surface area contributed by atoms with Crippen LogP contribution in [0.1, 0.15) is 0 Å². The second kappa shape index (κ2) is 3.29. The zero-order chi connectivity index (χ0) is 10.3. The van der Waals surface area contributed by atoms with Crippen LogP contribution >= 0.6 is 22.9 Å². The summed E-state index contributed by atoms with van der Waals surface area (Å²) in [5.74, 6) is 0. The van der Waals surface area contributed by atoms with Gasteiger partial charge < -0.3 is 0 Å². The first kappa shape index (κ1) is 8.82. The molecule has 3 aromatic rings. The fourth-order valence-electron chi connectivity index (χ4n) is 1.39. The maximum absolute atomic E-state index is 5.88. The molecule has 2 aromatic heterocycles. The third-order valence-electron chi connectivity index (χ3n) is 2.10. The van der Waals surface area contributed by atoms with Crippen LogP contribution in [-0.2, 0) is 0 Å². The van der Waals surface area contributed by atoms with Crippen LogP contribution in [0.25, 0.3) is 15.9 Å². The molecule has 0 aliphatic rings. The lowest BCUT2D eigenvalue weighted by Gasteiger charge is -2.01. The van der Waals surface area contributed by atoms with Crippen LogP contribution in [0.15, 0.2) is 30.0 Å². The molecule has 15 heavy (non-hydrogen) atoms. The summed E-state index contributed by atoms with van der Waals surface area (Å²) in [6.45, 7) is 0. The summed E-state index contributed by atoms with van der Waals surface area (Å²) in [4.78, 5) is 4.21. The van der Waals surface area contributed by atoms with Crippen LogP contribution in [0.2, 0.25) is 5.28 Å². The van der Waals surface area contributed by atoms with E-state index in [0.717, 1.165) is 15.9 Å². The fourth-order valence-corrected chi connectivity index (χ4v) is 2.28. The van der Waals surface area contributed by atoms with E-state index in [0.29, 0.717) is 5.28 Å². The van der Waals surface area contributed by atoms with Gasteiger partial charge in [0, 0.05) is 0 Å². The Balaban J connectivity index is 2.23. The van der Waals surface area contributed by atoms with Crippen molar-refractivity contribution in [3.8, 4) is 5.69 Å². The molecule has 0 aliphatic carbocycles. The Morgan fingerprint density at radius 2 is 2.27 bits per heavy atom. The maximum Gasteiger partial charge on any atom is 0.229 e. The second-order valence-corrected chi connectivity index (χ2v) is 4.20. The minimum atomic E-state index is 0.360. The first-order valence-electron chi connectivity index (χ1n) is 4.24. The highest BCUT2D eigenvalue weighted by atomic mass is 35.5. The minimum absolute atomic E-state index is 0.360. The van der Waals surface area contributed by atoms with Gasteiger partial charge >= 0.3 is 0 Å². The molecule has 0 N–H and O–H groups in total. The highest BCUT2D eigenvalue weighted by Gasteiger charge is 2.04. The van der Waals surface area contributed by atoms with Crippen molar-refractivity contribution in [1.82, 2.24) is 19.7 Å². The van der Waals surface area contributed by atoms with Crippen molar-refractivity contribution >= 4 is 33.2 Å². The highest BCUT2D eigenvalue weighted by molar-refractivity contribution is 7.16. The number of fused-ring (bicyclic) bond motifs is 1. The number of hydrogen-bond donors (Lipinski definition) is 0. The SMILES string of the molecule is Clc1nncn1-c1ccc2ncsc2c1. The van der Waals surface area contributed by atoms with Crippen molar-refractivity contribution in [2.24, 2.45) is 0 Å². The Labute approximate surface area is 94.2 Å². The Bertz CT molecular complexity index is 615. The van der Waals surface area contributed by atoms with Crippen molar-refractivity contribution < 1.29 is 0 Å². The summed E-state index contributed by atoms with van der Waals surface area (Å²) in [6, 6.07) is 5.91. The van der Waals surface area contributed by atoms with Gasteiger partial charge in [-0.15, -0.1) is 21.5 Å². The molecular weight excluding hydrogens is 232 g/mol. The molecule has 0 aliphatic heterocycles. The highest BCUT2D eigenvalue weighted by Crippen LogP contribution is 2.22. The van der Waals surface area contributed by atoms with Crippen LogP contribution in [0.5, 0.6) is 0 Å². The molecule has 6 heteroatoms. The average molecular weight is 237 g/mol. The van der Waals surface area contributed by atoms with E-state index in [1.165, 1.54) is 0 Å². The summed E-state index contributed by atoms with van der Waals surface area (Å²) < 4.78 is 2.85. The van der Waals surface area contributed by atoms with E-state index in [2.05, 4.69) is 15.2 Å². The van der Waals surface area contributed by atoms with Crippen molar-refractivity contribution in [2.75, 3.05) is 0 Å². The quantitative estimate of drug-likeness (QED) is 0.652.